The Hall–Kier alpha value is -3.84. The van der Waals surface area contributed by atoms with Crippen LogP contribution >= 0.6 is 12.2 Å². The lowest BCUT2D eigenvalue weighted by Crippen LogP contribution is -2.44. The van der Waals surface area contributed by atoms with Crippen molar-refractivity contribution in [3.05, 3.63) is 94.8 Å². The normalized spacial score (nSPS) is 11.9. The third-order valence-corrected chi connectivity index (χ3v) is 5.85. The lowest BCUT2D eigenvalue weighted by molar-refractivity contribution is -0.124. The van der Waals surface area contributed by atoms with Crippen molar-refractivity contribution in [3.8, 4) is 11.4 Å². The van der Waals surface area contributed by atoms with Gasteiger partial charge in [-0.3, -0.25) is 14.2 Å². The summed E-state index contributed by atoms with van der Waals surface area (Å²) in [6, 6.07) is 23.4. The highest BCUT2D eigenvalue weighted by Crippen LogP contribution is 2.26. The summed E-state index contributed by atoms with van der Waals surface area (Å²) < 4.78 is 1.49. The molecule has 0 spiro atoms. The molecular formula is C27H26N4O2S. The maximum absolute atomic E-state index is 13.7. The number of nitrogens with zero attached hydrogens (tertiary/aromatic N) is 2. The average molecular weight is 471 g/mol. The highest BCUT2D eigenvalue weighted by Gasteiger charge is 2.29. The molecule has 0 saturated heterocycles. The molecule has 0 radical (unpaired) electrons. The van der Waals surface area contributed by atoms with Crippen molar-refractivity contribution in [1.82, 2.24) is 14.9 Å². The number of benzene rings is 3. The second kappa shape index (κ2) is 9.97. The fourth-order valence-electron chi connectivity index (χ4n) is 3.97. The Morgan fingerprint density at radius 1 is 0.941 bits per heavy atom. The van der Waals surface area contributed by atoms with Crippen molar-refractivity contribution in [2.45, 2.75) is 26.8 Å². The molecule has 0 aliphatic rings. The zero-order valence-corrected chi connectivity index (χ0v) is 20.1. The Kier molecular flexibility index (Phi) is 6.84. The number of hydrogen-bond donors (Lipinski definition) is 2. The summed E-state index contributed by atoms with van der Waals surface area (Å²) in [7, 11) is 0. The van der Waals surface area contributed by atoms with Gasteiger partial charge in [0.25, 0.3) is 5.56 Å². The van der Waals surface area contributed by atoms with Gasteiger partial charge >= 0.3 is 0 Å². The number of carbonyl (C=O) groups excluding carboxylic acids is 1. The van der Waals surface area contributed by atoms with E-state index in [-0.39, 0.29) is 22.5 Å². The Morgan fingerprint density at radius 2 is 1.59 bits per heavy atom. The van der Waals surface area contributed by atoms with E-state index >= 15 is 0 Å². The van der Waals surface area contributed by atoms with Gasteiger partial charge in [0.2, 0.25) is 5.91 Å². The van der Waals surface area contributed by atoms with Gasteiger partial charge in [-0.1, -0.05) is 74.5 Å². The Morgan fingerprint density at radius 3 is 2.29 bits per heavy atom. The molecule has 172 valence electrons. The van der Waals surface area contributed by atoms with E-state index in [1.165, 1.54) is 4.57 Å². The number of hydrogen-bond acceptors (Lipinski definition) is 4. The second-order valence-electron chi connectivity index (χ2n) is 8.44. The fraction of sp³-hybridized carbons (Fsp3) is 0.185. The zero-order chi connectivity index (χ0) is 24.2. The van der Waals surface area contributed by atoms with Crippen LogP contribution in [0.3, 0.4) is 0 Å². The molecule has 0 aliphatic carbocycles. The molecule has 3 aromatic carbocycles. The van der Waals surface area contributed by atoms with Crippen LogP contribution < -0.4 is 16.2 Å². The van der Waals surface area contributed by atoms with Crippen molar-refractivity contribution in [3.63, 3.8) is 0 Å². The van der Waals surface area contributed by atoms with Gasteiger partial charge in [-0.25, -0.2) is 4.98 Å². The van der Waals surface area contributed by atoms with Gasteiger partial charge in [-0.15, -0.1) is 0 Å². The summed E-state index contributed by atoms with van der Waals surface area (Å²) in [5, 5.41) is 6.49. The summed E-state index contributed by atoms with van der Waals surface area (Å²) in [5.41, 5.74) is 2.88. The molecule has 34 heavy (non-hydrogen) atoms. The molecule has 2 N–H and O–H groups in total. The highest BCUT2D eigenvalue weighted by molar-refractivity contribution is 7.80. The van der Waals surface area contributed by atoms with Crippen LogP contribution in [0.15, 0.2) is 83.7 Å². The first-order valence-electron chi connectivity index (χ1n) is 11.1. The largest absolute Gasteiger partial charge is 0.332 e. The number of aryl methyl sites for hydroxylation is 1. The quantitative estimate of drug-likeness (QED) is 0.398. The number of aromatic nitrogens is 2. The fourth-order valence-corrected chi connectivity index (χ4v) is 4.18. The number of amides is 1. The van der Waals surface area contributed by atoms with Crippen LogP contribution in [0.5, 0.6) is 0 Å². The Labute approximate surface area is 203 Å². The third-order valence-electron chi connectivity index (χ3n) is 5.65. The minimum Gasteiger partial charge on any atom is -0.332 e. The topological polar surface area (TPSA) is 76.0 Å². The van der Waals surface area contributed by atoms with E-state index in [0.29, 0.717) is 16.7 Å². The number of carbonyl (C=O) groups is 1. The van der Waals surface area contributed by atoms with Crippen molar-refractivity contribution in [2.24, 2.45) is 5.92 Å². The maximum Gasteiger partial charge on any atom is 0.262 e. The van der Waals surface area contributed by atoms with Crippen molar-refractivity contribution >= 4 is 39.8 Å². The molecule has 1 unspecified atom stereocenters. The van der Waals surface area contributed by atoms with E-state index in [1.54, 1.807) is 18.2 Å². The average Bonchev–Trinajstić information content (AvgIpc) is 2.82. The third kappa shape index (κ3) is 4.75. The van der Waals surface area contributed by atoms with Crippen LogP contribution in [0.4, 0.5) is 5.69 Å². The molecule has 4 aromatic rings. The van der Waals surface area contributed by atoms with Gasteiger partial charge < -0.3 is 10.6 Å². The Bertz CT molecular complexity index is 1410. The zero-order valence-electron chi connectivity index (χ0n) is 19.3. The van der Waals surface area contributed by atoms with Gasteiger partial charge in [-0.05, 0) is 48.8 Å². The number of fused-ring (bicyclic) bond motifs is 1. The molecule has 0 aliphatic heterocycles. The van der Waals surface area contributed by atoms with Crippen molar-refractivity contribution in [1.29, 1.82) is 0 Å². The van der Waals surface area contributed by atoms with E-state index < -0.39 is 6.04 Å². The van der Waals surface area contributed by atoms with E-state index in [2.05, 4.69) is 10.6 Å². The molecule has 0 fully saturated rings. The predicted octanol–water partition coefficient (Wildman–Crippen LogP) is 5.08. The lowest BCUT2D eigenvalue weighted by atomic mass is 10.0. The molecule has 1 heterocycles. The maximum atomic E-state index is 13.7. The summed E-state index contributed by atoms with van der Waals surface area (Å²) >= 11 is 5.42. The molecule has 0 bridgehead atoms. The molecular weight excluding hydrogens is 444 g/mol. The van der Waals surface area contributed by atoms with Crippen LogP contribution in [-0.4, -0.2) is 20.6 Å². The van der Waals surface area contributed by atoms with Crippen LogP contribution in [0.2, 0.25) is 0 Å². The molecule has 7 heteroatoms. The number of rotatable bonds is 5. The van der Waals surface area contributed by atoms with E-state index in [0.717, 1.165) is 16.8 Å². The summed E-state index contributed by atoms with van der Waals surface area (Å²) in [5.74, 6) is -0.141. The number of nitrogens with one attached hydrogen (secondary N) is 2. The second-order valence-corrected chi connectivity index (χ2v) is 8.85. The molecule has 1 aromatic heterocycles. The van der Waals surface area contributed by atoms with Crippen LogP contribution in [0.1, 0.15) is 25.5 Å². The van der Waals surface area contributed by atoms with Crippen molar-refractivity contribution < 1.29 is 4.79 Å². The molecule has 4 rings (SSSR count). The van der Waals surface area contributed by atoms with E-state index in [1.807, 2.05) is 81.4 Å². The summed E-state index contributed by atoms with van der Waals surface area (Å²) in [6.07, 6.45) is 0. The van der Waals surface area contributed by atoms with E-state index in [9.17, 15) is 9.59 Å². The molecule has 0 saturated carbocycles. The van der Waals surface area contributed by atoms with Crippen LogP contribution in [0, 0.1) is 12.8 Å². The SMILES string of the molecule is Cc1ccccc1NC(=S)NC(=O)C(C(C)C)n1c(-c2ccccc2)nc2ccccc2c1=O. The highest BCUT2D eigenvalue weighted by atomic mass is 32.1. The molecule has 6 nitrogen and oxygen atoms in total. The summed E-state index contributed by atoms with van der Waals surface area (Å²) in [4.78, 5) is 32.0. The first-order valence-corrected chi connectivity index (χ1v) is 11.5. The number of thiocarbonyl (C=S) groups is 1. The predicted molar refractivity (Wildman–Crippen MR) is 141 cm³/mol. The monoisotopic (exact) mass is 470 g/mol. The minimum atomic E-state index is -0.823. The van der Waals surface area contributed by atoms with Gasteiger partial charge in [0.1, 0.15) is 11.9 Å². The van der Waals surface area contributed by atoms with Gasteiger partial charge in [0, 0.05) is 11.3 Å². The molecule has 1 amide bonds. The van der Waals surface area contributed by atoms with Gasteiger partial charge in [-0.2, -0.15) is 0 Å². The smallest absolute Gasteiger partial charge is 0.262 e. The van der Waals surface area contributed by atoms with Crippen molar-refractivity contribution in [2.75, 3.05) is 5.32 Å². The number of para-hydroxylation sites is 2. The number of anilines is 1. The Balaban J connectivity index is 1.77. The first-order chi connectivity index (χ1) is 16.4. The van der Waals surface area contributed by atoms with Gasteiger partial charge in [0.15, 0.2) is 5.11 Å². The van der Waals surface area contributed by atoms with E-state index in [4.69, 9.17) is 17.2 Å². The molecule has 1 atom stereocenters. The minimum absolute atomic E-state index is 0.174. The van der Waals surface area contributed by atoms with Gasteiger partial charge in [0.05, 0.1) is 10.9 Å². The van der Waals surface area contributed by atoms with Crippen LogP contribution in [0.25, 0.3) is 22.3 Å². The lowest BCUT2D eigenvalue weighted by Gasteiger charge is -2.26. The summed E-state index contributed by atoms with van der Waals surface area (Å²) in [6.45, 7) is 5.76. The van der Waals surface area contributed by atoms with Crippen LogP contribution in [-0.2, 0) is 4.79 Å². The standard InChI is InChI=1S/C27H26N4O2S/c1-17(2)23(25(32)30-27(34)29-21-15-9-7-11-18(21)3)31-24(19-12-5-4-6-13-19)28-22-16-10-8-14-20(22)26(31)33/h4-17,23H,1-3H3,(H2,29,30,32,34). The first kappa shape index (κ1) is 23.3.